The second-order valence-electron chi connectivity index (χ2n) is 30.1. The normalized spacial score (nSPS) is 14.3. The van der Waals surface area contributed by atoms with E-state index in [0.717, 1.165) is 120 Å². The van der Waals surface area contributed by atoms with Crippen molar-refractivity contribution in [2.45, 2.75) is 420 Å². The number of aliphatic hydroxyl groups is 1. The van der Waals surface area contributed by atoms with Crippen LogP contribution in [0.4, 0.5) is 0 Å². The first-order chi connectivity index (χ1) is 47.1. The number of phosphoric acid groups is 2. The Hall–Kier alpha value is -1.94. The molecule has 17 nitrogen and oxygen atoms in total. The third-order valence-electron chi connectivity index (χ3n) is 18.7. The topological polar surface area (TPSA) is 237 Å². The first-order valence-electron chi connectivity index (χ1n) is 40.7. The van der Waals surface area contributed by atoms with Crippen LogP contribution in [0.5, 0.6) is 0 Å². The highest BCUT2D eigenvalue weighted by molar-refractivity contribution is 7.47. The quantitative estimate of drug-likeness (QED) is 0.0222. The smallest absolute Gasteiger partial charge is 0.462 e. The van der Waals surface area contributed by atoms with E-state index in [9.17, 15) is 43.2 Å². The Morgan fingerprint density at radius 1 is 0.286 bits per heavy atom. The third kappa shape index (κ3) is 71.1. The molecule has 0 aliphatic carbocycles. The Labute approximate surface area is 600 Å². The summed E-state index contributed by atoms with van der Waals surface area (Å²) in [4.78, 5) is 72.9. The van der Waals surface area contributed by atoms with Gasteiger partial charge in [-0.05, 0) is 49.4 Å². The van der Waals surface area contributed by atoms with Crippen molar-refractivity contribution in [3.8, 4) is 0 Å². The Bertz CT molecular complexity index is 1920. The number of aliphatic hydroxyl groups excluding tert-OH is 1. The number of hydrogen-bond acceptors (Lipinski definition) is 15. The van der Waals surface area contributed by atoms with Gasteiger partial charge in [-0.2, -0.15) is 0 Å². The number of unbranched alkanes of at least 4 members (excludes halogenated alkanes) is 41. The zero-order valence-corrected chi connectivity index (χ0v) is 66.2. The van der Waals surface area contributed by atoms with Crippen molar-refractivity contribution in [3.05, 3.63) is 0 Å². The summed E-state index contributed by atoms with van der Waals surface area (Å²) in [5.74, 6) is 0.931. The summed E-state index contributed by atoms with van der Waals surface area (Å²) in [6, 6.07) is 0. The summed E-state index contributed by atoms with van der Waals surface area (Å²) in [6.45, 7) is 14.2. The molecule has 0 spiro atoms. The minimum atomic E-state index is -4.96. The fraction of sp³-hybridized carbons (Fsp3) is 0.949. The van der Waals surface area contributed by atoms with Crippen molar-refractivity contribution in [2.75, 3.05) is 39.6 Å². The molecular formula is C79H154O17P2. The monoisotopic (exact) mass is 1440 g/mol. The van der Waals surface area contributed by atoms with E-state index >= 15 is 0 Å². The van der Waals surface area contributed by atoms with Crippen LogP contribution in [0.3, 0.4) is 0 Å². The van der Waals surface area contributed by atoms with Gasteiger partial charge in [-0.1, -0.05) is 351 Å². The summed E-state index contributed by atoms with van der Waals surface area (Å²) < 4.78 is 68.6. The van der Waals surface area contributed by atoms with E-state index in [-0.39, 0.29) is 25.7 Å². The molecule has 0 heterocycles. The predicted octanol–water partition coefficient (Wildman–Crippen LogP) is 23.2. The van der Waals surface area contributed by atoms with Crippen LogP contribution in [0.1, 0.15) is 402 Å². The lowest BCUT2D eigenvalue weighted by Crippen LogP contribution is -2.30. The van der Waals surface area contributed by atoms with Gasteiger partial charge in [0.15, 0.2) is 12.2 Å². The van der Waals surface area contributed by atoms with Crippen LogP contribution < -0.4 is 0 Å². The van der Waals surface area contributed by atoms with Gasteiger partial charge in [0.05, 0.1) is 26.4 Å². The van der Waals surface area contributed by atoms with Gasteiger partial charge in [-0.15, -0.1) is 0 Å². The summed E-state index contributed by atoms with van der Waals surface area (Å²) in [6.07, 6.45) is 54.3. The summed E-state index contributed by atoms with van der Waals surface area (Å²) >= 11 is 0. The molecule has 0 fully saturated rings. The van der Waals surface area contributed by atoms with Crippen LogP contribution in [0.15, 0.2) is 0 Å². The highest BCUT2D eigenvalue weighted by Crippen LogP contribution is 2.45. The van der Waals surface area contributed by atoms with E-state index in [2.05, 4.69) is 55.4 Å². The van der Waals surface area contributed by atoms with Crippen LogP contribution in [0.25, 0.3) is 0 Å². The van der Waals surface area contributed by atoms with Crippen molar-refractivity contribution < 1.29 is 80.2 Å². The van der Waals surface area contributed by atoms with E-state index < -0.39 is 97.5 Å². The van der Waals surface area contributed by atoms with Crippen molar-refractivity contribution in [1.29, 1.82) is 0 Å². The van der Waals surface area contributed by atoms with E-state index in [0.29, 0.717) is 31.6 Å². The number of carbonyl (C=O) groups is 4. The first-order valence-corrected chi connectivity index (χ1v) is 43.7. The van der Waals surface area contributed by atoms with Crippen molar-refractivity contribution in [1.82, 2.24) is 0 Å². The second kappa shape index (κ2) is 68.2. The maximum absolute atomic E-state index is 13.1. The number of phosphoric ester groups is 2. The molecule has 0 aromatic rings. The summed E-state index contributed by atoms with van der Waals surface area (Å²) in [5, 5.41) is 10.6. The number of hydrogen-bond donors (Lipinski definition) is 3. The molecule has 3 N–H and O–H groups in total. The Morgan fingerprint density at radius 2 is 0.490 bits per heavy atom. The Kier molecular flexibility index (Phi) is 66.8. The molecule has 4 unspecified atom stereocenters. The largest absolute Gasteiger partial charge is 0.472 e. The van der Waals surface area contributed by atoms with Crippen LogP contribution >= 0.6 is 15.6 Å². The second-order valence-corrected chi connectivity index (χ2v) is 33.0. The Balaban J connectivity index is 5.18. The van der Waals surface area contributed by atoms with E-state index in [1.54, 1.807) is 0 Å². The molecule has 98 heavy (non-hydrogen) atoms. The summed E-state index contributed by atoms with van der Waals surface area (Å²) in [7, 11) is -9.92. The van der Waals surface area contributed by atoms with Crippen molar-refractivity contribution >= 4 is 39.5 Å². The van der Waals surface area contributed by atoms with Gasteiger partial charge in [-0.25, -0.2) is 9.13 Å². The minimum absolute atomic E-state index is 0.106. The molecule has 0 aromatic carbocycles. The molecule has 0 amide bonds. The molecule has 0 aliphatic heterocycles. The lowest BCUT2D eigenvalue weighted by molar-refractivity contribution is -0.161. The van der Waals surface area contributed by atoms with Crippen molar-refractivity contribution in [2.24, 2.45) is 23.7 Å². The molecule has 0 saturated carbocycles. The predicted molar refractivity (Wildman–Crippen MR) is 400 cm³/mol. The number of ether oxygens (including phenoxy) is 4. The van der Waals surface area contributed by atoms with E-state index in [4.69, 9.17) is 37.0 Å². The zero-order valence-electron chi connectivity index (χ0n) is 64.4. The fourth-order valence-electron chi connectivity index (χ4n) is 12.0. The minimum Gasteiger partial charge on any atom is -0.462 e. The SMILES string of the molecule is CCC(C)CCCCCCCCC(=O)OC[C@H](COP(=O)(O)OCC(O)COP(=O)(O)OC[C@@H](COC(=O)CCCCCCCCCC(C)C)OC(=O)CCCCCCCCCCCCCCCCC(C)C)OC(=O)CCCCCCCCCCCCCCCCCCCCC(C)C. The van der Waals surface area contributed by atoms with Crippen LogP contribution in [0, 0.1) is 23.7 Å². The number of carbonyl (C=O) groups excluding carboxylic acids is 4. The standard InChI is InChI=1S/C79H154O17P2/c1-9-72(8)58-50-42-37-38-44-52-60-77(82)90-66-75(96-79(84)62-53-45-34-28-24-20-15-13-11-10-12-14-18-22-26-31-39-47-55-69(2)3)68-94-98(87,88)92-64-73(80)63-91-97(85,86)93-67-74(65-89-76(81)59-51-43-36-30-33-41-49-57-71(6)7)95-78(83)61-54-46-35-29-25-21-17-16-19-23-27-32-40-48-56-70(4)5/h69-75,80H,9-68H2,1-8H3,(H,85,86)(H,87,88)/t72?,73?,74-,75-/m1/s1. The van der Waals surface area contributed by atoms with Gasteiger partial charge in [-0.3, -0.25) is 37.3 Å². The van der Waals surface area contributed by atoms with Gasteiger partial charge >= 0.3 is 39.5 Å². The van der Waals surface area contributed by atoms with Crippen LogP contribution in [-0.2, 0) is 65.4 Å². The maximum Gasteiger partial charge on any atom is 0.472 e. The fourth-order valence-corrected chi connectivity index (χ4v) is 13.6. The first kappa shape index (κ1) is 96.1. The third-order valence-corrected chi connectivity index (χ3v) is 20.6. The number of rotatable bonds is 76. The molecule has 19 heteroatoms. The summed E-state index contributed by atoms with van der Waals surface area (Å²) in [5.41, 5.74) is 0. The van der Waals surface area contributed by atoms with Gasteiger partial charge in [0.2, 0.25) is 0 Å². The molecule has 0 rings (SSSR count). The maximum atomic E-state index is 13.1. The van der Waals surface area contributed by atoms with E-state index in [1.165, 1.54) is 193 Å². The van der Waals surface area contributed by atoms with Gasteiger partial charge in [0, 0.05) is 25.7 Å². The lowest BCUT2D eigenvalue weighted by Gasteiger charge is -2.21. The molecule has 0 aromatic heterocycles. The average molecular weight is 1440 g/mol. The van der Waals surface area contributed by atoms with Crippen molar-refractivity contribution in [3.63, 3.8) is 0 Å². The van der Waals surface area contributed by atoms with Crippen LogP contribution in [-0.4, -0.2) is 96.7 Å². The highest BCUT2D eigenvalue weighted by atomic mass is 31.2. The van der Waals surface area contributed by atoms with E-state index in [1.807, 2.05) is 0 Å². The van der Waals surface area contributed by atoms with Gasteiger partial charge in [0.1, 0.15) is 19.3 Å². The lowest BCUT2D eigenvalue weighted by atomic mass is 10.00. The molecule has 582 valence electrons. The van der Waals surface area contributed by atoms with Gasteiger partial charge in [0.25, 0.3) is 0 Å². The Morgan fingerprint density at radius 3 is 0.724 bits per heavy atom. The molecule has 0 saturated heterocycles. The van der Waals surface area contributed by atoms with Gasteiger partial charge < -0.3 is 33.8 Å². The molecule has 0 aliphatic rings. The molecule has 0 bridgehead atoms. The highest BCUT2D eigenvalue weighted by Gasteiger charge is 2.30. The van der Waals surface area contributed by atoms with Crippen LogP contribution in [0.2, 0.25) is 0 Å². The molecule has 0 radical (unpaired) electrons. The zero-order chi connectivity index (χ0) is 72.4. The molecular weight excluding hydrogens is 1280 g/mol. The molecule has 6 atom stereocenters. The average Bonchev–Trinajstić information content (AvgIpc) is 1.02. The number of esters is 4.